The Balaban J connectivity index is 2.43. The molecule has 112 valence electrons. The third-order valence-corrected chi connectivity index (χ3v) is 4.19. The van der Waals surface area contributed by atoms with Crippen LogP contribution in [0, 0.1) is 6.92 Å². The summed E-state index contributed by atoms with van der Waals surface area (Å²) in [5.41, 5.74) is 1.60. The first-order valence-corrected chi connectivity index (χ1v) is 7.34. The number of fused-ring (bicyclic) bond motifs is 1. The lowest BCUT2D eigenvalue weighted by Crippen LogP contribution is -2.08. The predicted octanol–water partition coefficient (Wildman–Crippen LogP) is 5.08. The molecule has 0 N–H and O–H groups in total. The molecule has 0 radical (unpaired) electrons. The molecule has 5 heteroatoms. The average molecular weight is 335 g/mol. The van der Waals surface area contributed by atoms with Crippen molar-refractivity contribution in [2.45, 2.75) is 6.92 Å². The Morgan fingerprint density at radius 2 is 1.82 bits per heavy atom. The molecule has 0 bridgehead atoms. The maximum absolute atomic E-state index is 12.6. The molecule has 0 saturated heterocycles. The van der Waals surface area contributed by atoms with Crippen LogP contribution in [-0.2, 0) is 0 Å². The summed E-state index contributed by atoms with van der Waals surface area (Å²) in [6, 6.07) is 10.5. The fourth-order valence-corrected chi connectivity index (χ4v) is 2.69. The molecule has 0 amide bonds. The molecule has 1 heterocycles. The van der Waals surface area contributed by atoms with Crippen LogP contribution in [0.4, 0.5) is 0 Å². The van der Waals surface area contributed by atoms with E-state index in [4.69, 9.17) is 32.4 Å². The van der Waals surface area contributed by atoms with Crippen LogP contribution in [0.2, 0.25) is 10.0 Å². The largest absolute Gasteiger partial charge is 0.490 e. The molecule has 0 spiro atoms. The number of rotatable bonds is 2. The molecule has 3 aromatic rings. The topological polar surface area (TPSA) is 39.4 Å². The Morgan fingerprint density at radius 3 is 2.50 bits per heavy atom. The quantitative estimate of drug-likeness (QED) is 0.655. The first kappa shape index (κ1) is 14.9. The van der Waals surface area contributed by atoms with Gasteiger partial charge in [0.2, 0.25) is 11.2 Å². The molecular formula is C17H12Cl2O3. The average Bonchev–Trinajstić information content (AvgIpc) is 2.50. The Kier molecular flexibility index (Phi) is 3.85. The van der Waals surface area contributed by atoms with Crippen LogP contribution in [0.5, 0.6) is 5.75 Å². The van der Waals surface area contributed by atoms with Crippen molar-refractivity contribution in [1.29, 1.82) is 0 Å². The molecular weight excluding hydrogens is 323 g/mol. The number of halogens is 2. The number of hydrogen-bond donors (Lipinski definition) is 0. The van der Waals surface area contributed by atoms with Gasteiger partial charge in [-0.2, -0.15) is 0 Å². The van der Waals surface area contributed by atoms with E-state index in [9.17, 15) is 4.79 Å². The Morgan fingerprint density at radius 1 is 1.09 bits per heavy atom. The van der Waals surface area contributed by atoms with Gasteiger partial charge in [-0.3, -0.25) is 4.79 Å². The molecule has 0 aliphatic carbocycles. The summed E-state index contributed by atoms with van der Waals surface area (Å²) in [7, 11) is 1.42. The third-order valence-electron chi connectivity index (χ3n) is 3.45. The van der Waals surface area contributed by atoms with Gasteiger partial charge in [0.05, 0.1) is 17.5 Å². The molecule has 0 saturated carbocycles. The van der Waals surface area contributed by atoms with Crippen LogP contribution in [0.15, 0.2) is 45.6 Å². The van der Waals surface area contributed by atoms with Gasteiger partial charge in [-0.15, -0.1) is 0 Å². The second-order valence-corrected chi connectivity index (χ2v) is 5.69. The Hall–Kier alpha value is -1.97. The van der Waals surface area contributed by atoms with Gasteiger partial charge in [0.1, 0.15) is 5.58 Å². The molecule has 3 rings (SSSR count). The van der Waals surface area contributed by atoms with E-state index in [1.54, 1.807) is 30.3 Å². The van der Waals surface area contributed by atoms with Crippen molar-refractivity contribution in [3.8, 4) is 17.1 Å². The molecule has 0 unspecified atom stereocenters. The molecule has 22 heavy (non-hydrogen) atoms. The molecule has 0 atom stereocenters. The van der Waals surface area contributed by atoms with Gasteiger partial charge < -0.3 is 9.15 Å². The highest BCUT2D eigenvalue weighted by Gasteiger charge is 2.19. The molecule has 2 aromatic carbocycles. The highest BCUT2D eigenvalue weighted by molar-refractivity contribution is 6.33. The standard InChI is InChI=1S/C17H12Cl2O3/c1-9-7-14-11(8-13(9)19)15(20)17(21-2)16(22-14)10-5-3-4-6-12(10)18/h3-8H,1-2H3. The molecule has 0 aliphatic rings. The molecule has 0 fully saturated rings. The fourth-order valence-electron chi connectivity index (χ4n) is 2.31. The van der Waals surface area contributed by atoms with Crippen LogP contribution in [0.1, 0.15) is 5.56 Å². The predicted molar refractivity (Wildman–Crippen MR) is 89.2 cm³/mol. The number of aryl methyl sites for hydroxylation is 1. The summed E-state index contributed by atoms with van der Waals surface area (Å²) < 4.78 is 11.2. The lowest BCUT2D eigenvalue weighted by atomic mass is 10.1. The fraction of sp³-hybridized carbons (Fsp3) is 0.118. The Bertz CT molecular complexity index is 929. The zero-order valence-electron chi connectivity index (χ0n) is 11.9. The highest BCUT2D eigenvalue weighted by atomic mass is 35.5. The van der Waals surface area contributed by atoms with Crippen molar-refractivity contribution in [3.63, 3.8) is 0 Å². The van der Waals surface area contributed by atoms with Crippen molar-refractivity contribution in [2.75, 3.05) is 7.11 Å². The zero-order chi connectivity index (χ0) is 15.9. The zero-order valence-corrected chi connectivity index (χ0v) is 13.5. The van der Waals surface area contributed by atoms with E-state index in [1.165, 1.54) is 7.11 Å². The molecule has 1 aromatic heterocycles. The second kappa shape index (κ2) is 5.67. The summed E-state index contributed by atoms with van der Waals surface area (Å²) in [5, 5.41) is 1.37. The first-order valence-electron chi connectivity index (χ1n) is 6.58. The summed E-state index contributed by atoms with van der Waals surface area (Å²) in [6.07, 6.45) is 0. The van der Waals surface area contributed by atoms with Crippen molar-refractivity contribution >= 4 is 34.2 Å². The minimum absolute atomic E-state index is 0.112. The summed E-state index contributed by atoms with van der Waals surface area (Å²) >= 11 is 12.3. The monoisotopic (exact) mass is 334 g/mol. The van der Waals surface area contributed by atoms with Gasteiger partial charge in [0.25, 0.3) is 0 Å². The van der Waals surface area contributed by atoms with Gasteiger partial charge >= 0.3 is 0 Å². The van der Waals surface area contributed by atoms with Gasteiger partial charge in [0.15, 0.2) is 5.76 Å². The van der Waals surface area contributed by atoms with E-state index < -0.39 is 0 Å². The second-order valence-electron chi connectivity index (χ2n) is 4.87. The van der Waals surface area contributed by atoms with Crippen LogP contribution in [0.25, 0.3) is 22.3 Å². The number of hydrogen-bond acceptors (Lipinski definition) is 3. The summed E-state index contributed by atoms with van der Waals surface area (Å²) in [6.45, 7) is 1.85. The number of ether oxygens (including phenoxy) is 1. The molecule has 3 nitrogen and oxygen atoms in total. The number of benzene rings is 2. The van der Waals surface area contributed by atoms with Gasteiger partial charge in [0, 0.05) is 10.6 Å². The van der Waals surface area contributed by atoms with Gasteiger partial charge in [-0.05, 0) is 36.8 Å². The van der Waals surface area contributed by atoms with Gasteiger partial charge in [-0.1, -0.05) is 35.3 Å². The summed E-state index contributed by atoms with van der Waals surface area (Å²) in [4.78, 5) is 12.6. The van der Waals surface area contributed by atoms with Crippen molar-refractivity contribution in [2.24, 2.45) is 0 Å². The maximum atomic E-state index is 12.6. The van der Waals surface area contributed by atoms with E-state index in [0.29, 0.717) is 32.3 Å². The van der Waals surface area contributed by atoms with Gasteiger partial charge in [-0.25, -0.2) is 0 Å². The smallest absolute Gasteiger partial charge is 0.235 e. The summed E-state index contributed by atoms with van der Waals surface area (Å²) in [5.74, 6) is 0.424. The normalized spacial score (nSPS) is 10.9. The van der Waals surface area contributed by atoms with E-state index in [2.05, 4.69) is 0 Å². The minimum Gasteiger partial charge on any atom is -0.490 e. The first-order chi connectivity index (χ1) is 10.5. The highest BCUT2D eigenvalue weighted by Crippen LogP contribution is 2.35. The van der Waals surface area contributed by atoms with Crippen molar-refractivity contribution in [3.05, 3.63) is 62.2 Å². The van der Waals surface area contributed by atoms with Crippen molar-refractivity contribution in [1.82, 2.24) is 0 Å². The number of methoxy groups -OCH3 is 1. The van der Waals surface area contributed by atoms with Crippen LogP contribution in [0.3, 0.4) is 0 Å². The van der Waals surface area contributed by atoms with E-state index in [1.807, 2.05) is 13.0 Å². The lowest BCUT2D eigenvalue weighted by molar-refractivity contribution is 0.398. The third kappa shape index (κ3) is 2.36. The van der Waals surface area contributed by atoms with Crippen molar-refractivity contribution < 1.29 is 9.15 Å². The van der Waals surface area contributed by atoms with E-state index in [-0.39, 0.29) is 11.2 Å². The lowest BCUT2D eigenvalue weighted by Gasteiger charge is -2.11. The Labute approximate surface area is 137 Å². The van der Waals surface area contributed by atoms with Crippen LogP contribution < -0.4 is 10.2 Å². The van der Waals surface area contributed by atoms with Crippen LogP contribution in [-0.4, -0.2) is 7.11 Å². The minimum atomic E-state index is -0.277. The maximum Gasteiger partial charge on any atom is 0.235 e. The van der Waals surface area contributed by atoms with E-state index in [0.717, 1.165) is 5.56 Å². The van der Waals surface area contributed by atoms with Crippen LogP contribution >= 0.6 is 23.2 Å². The SMILES string of the molecule is COc1c(-c2ccccc2Cl)oc2cc(C)c(Cl)cc2c1=O. The molecule has 0 aliphatic heterocycles. The van der Waals surface area contributed by atoms with E-state index >= 15 is 0 Å².